The molecule has 2 fully saturated rings. The van der Waals surface area contributed by atoms with E-state index in [1.807, 2.05) is 33.7 Å². The van der Waals surface area contributed by atoms with Crippen LogP contribution in [0.1, 0.15) is 52.0 Å². The molecule has 1 aliphatic heterocycles. The number of hydrogen-bond acceptors (Lipinski definition) is 4. The lowest BCUT2D eigenvalue weighted by atomic mass is 9.78. The molecule has 4 rings (SSSR count). The lowest BCUT2D eigenvalue weighted by Crippen LogP contribution is -2.36. The van der Waals surface area contributed by atoms with Crippen molar-refractivity contribution in [2.45, 2.75) is 57.1 Å². The first kappa shape index (κ1) is 19.5. The van der Waals surface area contributed by atoms with Gasteiger partial charge < -0.3 is 4.90 Å². The molecule has 3 unspecified atom stereocenters. The molecule has 0 N–H and O–H groups in total. The van der Waals surface area contributed by atoms with Gasteiger partial charge in [0.2, 0.25) is 5.91 Å². The summed E-state index contributed by atoms with van der Waals surface area (Å²) < 4.78 is 1.91. The quantitative estimate of drug-likeness (QED) is 0.573. The molecule has 2 heterocycles. The van der Waals surface area contributed by atoms with Gasteiger partial charge in [-0.1, -0.05) is 50.6 Å². The van der Waals surface area contributed by atoms with Crippen molar-refractivity contribution in [1.29, 1.82) is 0 Å². The summed E-state index contributed by atoms with van der Waals surface area (Å²) in [5.41, 5.74) is 0.754. The maximum Gasteiger partial charge on any atom is 0.262 e. The summed E-state index contributed by atoms with van der Waals surface area (Å²) in [7, 11) is 0. The van der Waals surface area contributed by atoms with Crippen LogP contribution in [0.4, 0.5) is 0 Å². The van der Waals surface area contributed by atoms with Gasteiger partial charge >= 0.3 is 0 Å². The minimum absolute atomic E-state index is 0.0349. The molecule has 1 saturated heterocycles. The number of carbonyl (C=O) groups excluding carboxylic acids is 1. The smallest absolute Gasteiger partial charge is 0.262 e. The van der Waals surface area contributed by atoms with Crippen molar-refractivity contribution < 1.29 is 4.79 Å². The largest absolute Gasteiger partial charge is 0.342 e. The molecule has 150 valence electrons. The van der Waals surface area contributed by atoms with E-state index in [0.29, 0.717) is 28.1 Å². The molecule has 0 spiro atoms. The highest BCUT2D eigenvalue weighted by molar-refractivity contribution is 7.99. The normalized spacial score (nSPS) is 25.4. The third kappa shape index (κ3) is 3.71. The number of hydrogen-bond donors (Lipinski definition) is 0. The number of rotatable bonds is 4. The average molecular weight is 400 g/mol. The van der Waals surface area contributed by atoms with Gasteiger partial charge in [-0.15, -0.1) is 0 Å². The van der Waals surface area contributed by atoms with Crippen LogP contribution in [-0.4, -0.2) is 39.2 Å². The Bertz CT molecular complexity index is 920. The van der Waals surface area contributed by atoms with Gasteiger partial charge in [0.25, 0.3) is 5.56 Å². The van der Waals surface area contributed by atoms with Crippen LogP contribution in [0.3, 0.4) is 0 Å². The number of benzene rings is 1. The second-order valence-electron chi connectivity index (χ2n) is 8.30. The zero-order valence-corrected chi connectivity index (χ0v) is 17.6. The summed E-state index contributed by atoms with van der Waals surface area (Å²) in [6.45, 7) is 6.24. The van der Waals surface area contributed by atoms with Gasteiger partial charge in [-0.25, -0.2) is 4.98 Å². The summed E-state index contributed by atoms with van der Waals surface area (Å²) in [6, 6.07) is 7.71. The minimum atomic E-state index is 0.0349. The zero-order chi connectivity index (χ0) is 19.7. The standard InChI is InChI=1S/C22H29N3O2S/c1-15-8-7-11-19(16(15)2)25-21(27)17-9-3-4-10-18(17)23-22(25)28-14-20(26)24-12-5-6-13-24/h3-4,9-10,15-16,19H,5-8,11-14H2,1-2H3. The van der Waals surface area contributed by atoms with Crippen LogP contribution >= 0.6 is 11.8 Å². The number of nitrogens with zero attached hydrogens (tertiary/aromatic N) is 3. The van der Waals surface area contributed by atoms with Crippen molar-refractivity contribution in [1.82, 2.24) is 14.5 Å². The van der Waals surface area contributed by atoms with Crippen LogP contribution in [-0.2, 0) is 4.79 Å². The van der Waals surface area contributed by atoms with Crippen molar-refractivity contribution in [3.8, 4) is 0 Å². The predicted molar refractivity (Wildman–Crippen MR) is 114 cm³/mol. The Morgan fingerprint density at radius 3 is 2.68 bits per heavy atom. The predicted octanol–water partition coefficient (Wildman–Crippen LogP) is 4.11. The van der Waals surface area contributed by atoms with Gasteiger partial charge in [0, 0.05) is 19.1 Å². The Hall–Kier alpha value is -1.82. The molecule has 1 aliphatic carbocycles. The number of thioether (sulfide) groups is 1. The SMILES string of the molecule is CC1CCCC(n2c(SCC(=O)N3CCCC3)nc3ccccc3c2=O)C1C. The minimum Gasteiger partial charge on any atom is -0.342 e. The Kier molecular flexibility index (Phi) is 5.76. The Labute approximate surface area is 170 Å². The molecule has 2 aliphatic rings. The molecular weight excluding hydrogens is 370 g/mol. The van der Waals surface area contributed by atoms with E-state index in [2.05, 4.69) is 13.8 Å². The third-order valence-corrected chi connectivity index (χ3v) is 7.49. The topological polar surface area (TPSA) is 55.2 Å². The lowest BCUT2D eigenvalue weighted by Gasteiger charge is -2.36. The van der Waals surface area contributed by atoms with Gasteiger partial charge in [0.15, 0.2) is 5.16 Å². The van der Waals surface area contributed by atoms with E-state index < -0.39 is 0 Å². The molecule has 28 heavy (non-hydrogen) atoms. The van der Waals surface area contributed by atoms with Crippen molar-refractivity contribution in [2.24, 2.45) is 11.8 Å². The highest BCUT2D eigenvalue weighted by Gasteiger charge is 2.31. The first-order chi connectivity index (χ1) is 13.6. The van der Waals surface area contributed by atoms with E-state index in [1.54, 1.807) is 0 Å². The number of likely N-dealkylation sites (tertiary alicyclic amines) is 1. The Morgan fingerprint density at radius 1 is 1.14 bits per heavy atom. The molecule has 1 saturated carbocycles. The van der Waals surface area contributed by atoms with Gasteiger partial charge in [-0.05, 0) is 43.2 Å². The average Bonchev–Trinajstić information content (AvgIpc) is 3.24. The van der Waals surface area contributed by atoms with E-state index in [9.17, 15) is 9.59 Å². The van der Waals surface area contributed by atoms with Gasteiger partial charge in [-0.2, -0.15) is 0 Å². The molecule has 0 radical (unpaired) electrons. The Balaban J connectivity index is 1.71. The van der Waals surface area contributed by atoms with Crippen molar-refractivity contribution in [2.75, 3.05) is 18.8 Å². The first-order valence-corrected chi connectivity index (χ1v) is 11.5. The van der Waals surface area contributed by atoms with E-state index >= 15 is 0 Å². The van der Waals surface area contributed by atoms with Crippen LogP contribution in [0.5, 0.6) is 0 Å². The second-order valence-corrected chi connectivity index (χ2v) is 9.24. The number of fused-ring (bicyclic) bond motifs is 1. The summed E-state index contributed by atoms with van der Waals surface area (Å²) in [6.07, 6.45) is 5.52. The molecule has 3 atom stereocenters. The monoisotopic (exact) mass is 399 g/mol. The fourth-order valence-corrected chi connectivity index (χ4v) is 5.58. The van der Waals surface area contributed by atoms with E-state index in [4.69, 9.17) is 4.98 Å². The van der Waals surface area contributed by atoms with E-state index in [0.717, 1.165) is 44.3 Å². The molecule has 1 amide bonds. The molecule has 6 heteroatoms. The third-order valence-electron chi connectivity index (χ3n) is 6.55. The second kappa shape index (κ2) is 8.27. The van der Waals surface area contributed by atoms with E-state index in [1.165, 1.54) is 18.2 Å². The van der Waals surface area contributed by atoms with Crippen LogP contribution in [0.25, 0.3) is 10.9 Å². The molecule has 5 nitrogen and oxygen atoms in total. The first-order valence-electron chi connectivity index (χ1n) is 10.5. The van der Waals surface area contributed by atoms with Gasteiger partial charge in [-0.3, -0.25) is 14.2 Å². The number of aromatic nitrogens is 2. The van der Waals surface area contributed by atoms with Crippen LogP contribution in [0.15, 0.2) is 34.2 Å². The number of carbonyl (C=O) groups is 1. The molecule has 0 bridgehead atoms. The van der Waals surface area contributed by atoms with Crippen LogP contribution < -0.4 is 5.56 Å². The summed E-state index contributed by atoms with van der Waals surface area (Å²) >= 11 is 1.43. The van der Waals surface area contributed by atoms with Gasteiger partial charge in [0.05, 0.1) is 16.7 Å². The zero-order valence-electron chi connectivity index (χ0n) is 16.8. The summed E-state index contributed by atoms with van der Waals surface area (Å²) in [4.78, 5) is 32.7. The Morgan fingerprint density at radius 2 is 1.89 bits per heavy atom. The van der Waals surface area contributed by atoms with Crippen molar-refractivity contribution in [3.05, 3.63) is 34.6 Å². The highest BCUT2D eigenvalue weighted by atomic mass is 32.2. The fraction of sp³-hybridized carbons (Fsp3) is 0.591. The maximum absolute atomic E-state index is 13.4. The molecular formula is C22H29N3O2S. The van der Waals surface area contributed by atoms with Crippen molar-refractivity contribution in [3.63, 3.8) is 0 Å². The molecule has 2 aromatic rings. The summed E-state index contributed by atoms with van der Waals surface area (Å²) in [5.74, 6) is 1.51. The maximum atomic E-state index is 13.4. The molecule has 1 aromatic heterocycles. The van der Waals surface area contributed by atoms with Gasteiger partial charge in [0.1, 0.15) is 0 Å². The lowest BCUT2D eigenvalue weighted by molar-refractivity contribution is -0.127. The van der Waals surface area contributed by atoms with Crippen LogP contribution in [0, 0.1) is 11.8 Å². The fourth-order valence-electron chi connectivity index (χ4n) is 4.62. The highest BCUT2D eigenvalue weighted by Crippen LogP contribution is 2.38. The van der Waals surface area contributed by atoms with Crippen LogP contribution in [0.2, 0.25) is 0 Å². The number of para-hydroxylation sites is 1. The van der Waals surface area contributed by atoms with E-state index in [-0.39, 0.29) is 17.5 Å². The molecule has 1 aromatic carbocycles. The van der Waals surface area contributed by atoms with Crippen molar-refractivity contribution >= 4 is 28.6 Å². The summed E-state index contributed by atoms with van der Waals surface area (Å²) in [5, 5.41) is 1.37. The number of amides is 1.